The van der Waals surface area contributed by atoms with E-state index in [2.05, 4.69) is 10.6 Å². The lowest BCUT2D eigenvalue weighted by molar-refractivity contribution is -0.123. The minimum Gasteiger partial charge on any atom is -0.507 e. The average molecular weight is 292 g/mol. The van der Waals surface area contributed by atoms with Gasteiger partial charge in [0, 0.05) is 6.54 Å². The molecule has 5 nitrogen and oxygen atoms in total. The summed E-state index contributed by atoms with van der Waals surface area (Å²) in [6.07, 6.45) is 1.90. The monoisotopic (exact) mass is 292 g/mol. The number of phenolic OH excluding ortho intramolecular Hbond substituents is 1. The first kappa shape index (κ1) is 17.0. The number of nitrogens with one attached hydrogen (secondary N) is 2. The third-order valence-corrected chi connectivity index (χ3v) is 3.21. The minimum atomic E-state index is -0.617. The van der Waals surface area contributed by atoms with Crippen molar-refractivity contribution >= 4 is 11.8 Å². The summed E-state index contributed by atoms with van der Waals surface area (Å²) in [6, 6.07) is 5.66. The number of carbonyl (C=O) groups is 2. The summed E-state index contributed by atoms with van der Waals surface area (Å²) < 4.78 is 0. The van der Waals surface area contributed by atoms with Crippen molar-refractivity contribution in [2.24, 2.45) is 5.92 Å². The van der Waals surface area contributed by atoms with Crippen LogP contribution in [0.1, 0.15) is 44.0 Å². The van der Waals surface area contributed by atoms with Crippen molar-refractivity contribution in [3.63, 3.8) is 0 Å². The normalized spacial score (nSPS) is 12.0. The van der Waals surface area contributed by atoms with Crippen LogP contribution >= 0.6 is 0 Å². The van der Waals surface area contributed by atoms with E-state index in [1.807, 2.05) is 20.8 Å². The molecule has 1 unspecified atom stereocenters. The number of benzene rings is 1. The van der Waals surface area contributed by atoms with Crippen LogP contribution in [0.2, 0.25) is 0 Å². The van der Waals surface area contributed by atoms with Crippen LogP contribution < -0.4 is 10.6 Å². The Kier molecular flexibility index (Phi) is 6.72. The molecule has 0 bridgehead atoms. The molecule has 1 atom stereocenters. The number of amides is 2. The maximum atomic E-state index is 12.2. The van der Waals surface area contributed by atoms with Crippen molar-refractivity contribution in [3.8, 4) is 5.75 Å². The molecule has 0 saturated carbocycles. The molecule has 21 heavy (non-hydrogen) atoms. The molecule has 1 rings (SSSR count). The molecule has 0 saturated heterocycles. The predicted molar refractivity (Wildman–Crippen MR) is 82.1 cm³/mol. The quantitative estimate of drug-likeness (QED) is 0.673. The van der Waals surface area contributed by atoms with Gasteiger partial charge in [0.05, 0.1) is 5.56 Å². The zero-order valence-electron chi connectivity index (χ0n) is 12.8. The number of para-hydroxylation sites is 1. The predicted octanol–water partition coefficient (Wildman–Crippen LogP) is 2.06. The van der Waals surface area contributed by atoms with Crippen LogP contribution in [0.25, 0.3) is 0 Å². The Hall–Kier alpha value is -2.04. The molecular formula is C16H24N2O3. The van der Waals surface area contributed by atoms with Gasteiger partial charge in [-0.15, -0.1) is 0 Å². The van der Waals surface area contributed by atoms with E-state index in [-0.39, 0.29) is 23.1 Å². The SMILES string of the molecule is CCCCNC(=O)C(NC(=O)c1ccccc1O)C(C)C. The third-order valence-electron chi connectivity index (χ3n) is 3.21. The van der Waals surface area contributed by atoms with Crippen molar-refractivity contribution < 1.29 is 14.7 Å². The Morgan fingerprint density at radius 1 is 1.24 bits per heavy atom. The second-order valence-corrected chi connectivity index (χ2v) is 5.36. The molecule has 1 aromatic carbocycles. The highest BCUT2D eigenvalue weighted by atomic mass is 16.3. The van der Waals surface area contributed by atoms with Crippen molar-refractivity contribution in [3.05, 3.63) is 29.8 Å². The van der Waals surface area contributed by atoms with Gasteiger partial charge in [0.1, 0.15) is 11.8 Å². The van der Waals surface area contributed by atoms with Crippen LogP contribution in [0, 0.1) is 5.92 Å². The van der Waals surface area contributed by atoms with Gasteiger partial charge in [-0.25, -0.2) is 0 Å². The Balaban J connectivity index is 2.72. The number of carbonyl (C=O) groups excluding carboxylic acids is 2. The number of aromatic hydroxyl groups is 1. The van der Waals surface area contributed by atoms with Gasteiger partial charge in [0.25, 0.3) is 5.91 Å². The Morgan fingerprint density at radius 3 is 2.48 bits per heavy atom. The topological polar surface area (TPSA) is 78.4 Å². The smallest absolute Gasteiger partial charge is 0.255 e. The number of unbranched alkanes of at least 4 members (excludes halogenated alkanes) is 1. The largest absolute Gasteiger partial charge is 0.507 e. The zero-order chi connectivity index (χ0) is 15.8. The van der Waals surface area contributed by atoms with Crippen molar-refractivity contribution in [2.75, 3.05) is 6.54 Å². The lowest BCUT2D eigenvalue weighted by Crippen LogP contribution is -2.49. The molecule has 0 aliphatic carbocycles. The molecule has 2 amide bonds. The Bertz CT molecular complexity index is 486. The molecule has 0 spiro atoms. The molecule has 0 aliphatic rings. The number of phenols is 1. The fourth-order valence-electron chi connectivity index (χ4n) is 1.92. The van der Waals surface area contributed by atoms with Gasteiger partial charge in [-0.1, -0.05) is 39.3 Å². The van der Waals surface area contributed by atoms with E-state index < -0.39 is 11.9 Å². The van der Waals surface area contributed by atoms with E-state index in [1.54, 1.807) is 12.1 Å². The lowest BCUT2D eigenvalue weighted by atomic mass is 10.0. The summed E-state index contributed by atoms with van der Waals surface area (Å²) in [6.45, 7) is 6.39. The summed E-state index contributed by atoms with van der Waals surface area (Å²) in [7, 11) is 0. The van der Waals surface area contributed by atoms with Crippen LogP contribution in [0.4, 0.5) is 0 Å². The fraction of sp³-hybridized carbons (Fsp3) is 0.500. The van der Waals surface area contributed by atoms with Crippen molar-refractivity contribution in [2.45, 2.75) is 39.7 Å². The summed E-state index contributed by atoms with van der Waals surface area (Å²) >= 11 is 0. The van der Waals surface area contributed by atoms with E-state index in [4.69, 9.17) is 0 Å². The highest BCUT2D eigenvalue weighted by molar-refractivity contribution is 5.99. The maximum Gasteiger partial charge on any atom is 0.255 e. The molecule has 3 N–H and O–H groups in total. The van der Waals surface area contributed by atoms with Gasteiger partial charge >= 0.3 is 0 Å². The highest BCUT2D eigenvalue weighted by Gasteiger charge is 2.25. The molecule has 0 fully saturated rings. The standard InChI is InChI=1S/C16H24N2O3/c1-4-5-10-17-16(21)14(11(2)3)18-15(20)12-8-6-7-9-13(12)19/h6-9,11,14,19H,4-5,10H2,1-3H3,(H,17,21)(H,18,20). The van der Waals surface area contributed by atoms with E-state index in [9.17, 15) is 14.7 Å². The van der Waals surface area contributed by atoms with Gasteiger partial charge < -0.3 is 15.7 Å². The second-order valence-electron chi connectivity index (χ2n) is 5.36. The third kappa shape index (κ3) is 5.10. The van der Waals surface area contributed by atoms with Gasteiger partial charge in [0.2, 0.25) is 5.91 Å². The van der Waals surface area contributed by atoms with E-state index in [1.165, 1.54) is 12.1 Å². The fourth-order valence-corrected chi connectivity index (χ4v) is 1.92. The van der Waals surface area contributed by atoms with Gasteiger partial charge in [0.15, 0.2) is 0 Å². The number of hydrogen-bond donors (Lipinski definition) is 3. The maximum absolute atomic E-state index is 12.2. The van der Waals surface area contributed by atoms with Crippen molar-refractivity contribution in [1.82, 2.24) is 10.6 Å². The summed E-state index contributed by atoms with van der Waals surface area (Å²) in [4.78, 5) is 24.3. The van der Waals surface area contributed by atoms with E-state index >= 15 is 0 Å². The van der Waals surface area contributed by atoms with Crippen LogP contribution in [0.3, 0.4) is 0 Å². The molecule has 116 valence electrons. The van der Waals surface area contributed by atoms with Gasteiger partial charge in [-0.05, 0) is 24.5 Å². The molecule has 0 aliphatic heterocycles. The molecular weight excluding hydrogens is 268 g/mol. The summed E-state index contributed by atoms with van der Waals surface area (Å²) in [5, 5.41) is 15.2. The molecule has 5 heteroatoms. The molecule has 0 heterocycles. The zero-order valence-corrected chi connectivity index (χ0v) is 12.8. The summed E-state index contributed by atoms with van der Waals surface area (Å²) in [5.74, 6) is -0.773. The van der Waals surface area contributed by atoms with E-state index in [0.717, 1.165) is 12.8 Å². The number of rotatable bonds is 7. The first-order valence-corrected chi connectivity index (χ1v) is 7.34. The Morgan fingerprint density at radius 2 is 1.90 bits per heavy atom. The lowest BCUT2D eigenvalue weighted by Gasteiger charge is -2.22. The first-order valence-electron chi connectivity index (χ1n) is 7.34. The summed E-state index contributed by atoms with van der Waals surface area (Å²) in [5.41, 5.74) is 0.171. The average Bonchev–Trinajstić information content (AvgIpc) is 2.44. The van der Waals surface area contributed by atoms with Crippen LogP contribution in [-0.4, -0.2) is 29.5 Å². The molecule has 0 radical (unpaired) electrons. The second kappa shape index (κ2) is 8.29. The van der Waals surface area contributed by atoms with E-state index in [0.29, 0.717) is 6.54 Å². The highest BCUT2D eigenvalue weighted by Crippen LogP contribution is 2.16. The molecule has 1 aromatic rings. The molecule has 0 aromatic heterocycles. The van der Waals surface area contributed by atoms with Crippen LogP contribution in [-0.2, 0) is 4.79 Å². The van der Waals surface area contributed by atoms with Crippen LogP contribution in [0.15, 0.2) is 24.3 Å². The number of hydrogen-bond acceptors (Lipinski definition) is 3. The van der Waals surface area contributed by atoms with Gasteiger partial charge in [-0.3, -0.25) is 9.59 Å². The van der Waals surface area contributed by atoms with Crippen LogP contribution in [0.5, 0.6) is 5.75 Å². The van der Waals surface area contributed by atoms with Crippen molar-refractivity contribution in [1.29, 1.82) is 0 Å². The first-order chi connectivity index (χ1) is 9.97. The minimum absolute atomic E-state index is 0.0403. The Labute approximate surface area is 125 Å². The van der Waals surface area contributed by atoms with Gasteiger partial charge in [-0.2, -0.15) is 0 Å².